The fourth-order valence-corrected chi connectivity index (χ4v) is 4.06. The summed E-state index contributed by atoms with van der Waals surface area (Å²) in [5.41, 5.74) is 3.86. The molecule has 1 aromatic heterocycles. The predicted molar refractivity (Wildman–Crippen MR) is 106 cm³/mol. The van der Waals surface area contributed by atoms with E-state index < -0.39 is 0 Å². The van der Waals surface area contributed by atoms with Crippen LogP contribution in [0.3, 0.4) is 0 Å². The predicted octanol–water partition coefficient (Wildman–Crippen LogP) is 4.26. The number of hydrogen-bond acceptors (Lipinski definition) is 3. The minimum atomic E-state index is 0.130. The van der Waals surface area contributed by atoms with Crippen LogP contribution >= 0.6 is 12.2 Å². The number of nitrogens with one attached hydrogen (secondary N) is 1. The summed E-state index contributed by atoms with van der Waals surface area (Å²) >= 11 is 5.34. The van der Waals surface area contributed by atoms with Gasteiger partial charge in [0, 0.05) is 13.0 Å². The van der Waals surface area contributed by atoms with E-state index in [1.807, 2.05) is 4.57 Å². The summed E-state index contributed by atoms with van der Waals surface area (Å²) in [7, 11) is 0. The molecular formula is C20H28N4OS. The highest BCUT2D eigenvalue weighted by Crippen LogP contribution is 2.33. The van der Waals surface area contributed by atoms with E-state index in [9.17, 15) is 4.79 Å². The molecule has 0 unspecified atom stereocenters. The van der Waals surface area contributed by atoms with E-state index >= 15 is 0 Å². The molecule has 0 bridgehead atoms. The lowest BCUT2D eigenvalue weighted by Gasteiger charge is -2.37. The maximum absolute atomic E-state index is 13.2. The Kier molecular flexibility index (Phi) is 5.91. The molecule has 5 nitrogen and oxygen atoms in total. The van der Waals surface area contributed by atoms with Crippen LogP contribution in [0.5, 0.6) is 0 Å². The number of carbonyl (C=O) groups is 1. The normalized spacial score (nSPS) is 17.5. The molecule has 0 aliphatic carbocycles. The third kappa shape index (κ3) is 3.75. The summed E-state index contributed by atoms with van der Waals surface area (Å²) in [6, 6.07) is 6.56. The molecule has 1 atom stereocenters. The average molecular weight is 373 g/mol. The van der Waals surface area contributed by atoms with Crippen LogP contribution in [0, 0.1) is 18.6 Å². The number of hydrogen-bond donors (Lipinski definition) is 1. The van der Waals surface area contributed by atoms with Gasteiger partial charge in [0.05, 0.1) is 6.04 Å². The first-order chi connectivity index (χ1) is 12.5. The summed E-state index contributed by atoms with van der Waals surface area (Å²) in [6.45, 7) is 7.48. The lowest BCUT2D eigenvalue weighted by Crippen LogP contribution is -2.40. The molecule has 3 rings (SSSR count). The topological polar surface area (TPSA) is 53.9 Å². The molecule has 1 fully saturated rings. The lowest BCUT2D eigenvalue weighted by atomic mass is 9.90. The summed E-state index contributed by atoms with van der Waals surface area (Å²) in [6.07, 6.45) is 5.04. The van der Waals surface area contributed by atoms with E-state index in [1.165, 1.54) is 16.7 Å². The largest absolute Gasteiger partial charge is 0.334 e. The smallest absolute Gasteiger partial charge is 0.243 e. The minimum Gasteiger partial charge on any atom is -0.334 e. The number of likely N-dealkylation sites (tertiary alicyclic amines) is 1. The minimum absolute atomic E-state index is 0.130. The molecule has 140 valence electrons. The number of benzene rings is 1. The second-order valence-corrected chi connectivity index (χ2v) is 7.56. The zero-order chi connectivity index (χ0) is 18.7. The van der Waals surface area contributed by atoms with Crippen LogP contribution in [0.2, 0.25) is 0 Å². The van der Waals surface area contributed by atoms with Crippen LogP contribution in [0.25, 0.3) is 0 Å². The number of aryl methyl sites for hydroxylation is 2. The number of nitrogens with zero attached hydrogens (tertiary/aromatic N) is 3. The fourth-order valence-electron chi connectivity index (χ4n) is 3.84. The Bertz CT molecular complexity index is 839. The molecule has 1 aliphatic rings. The van der Waals surface area contributed by atoms with Gasteiger partial charge in [0.2, 0.25) is 5.91 Å². The van der Waals surface area contributed by atoms with Crippen molar-refractivity contribution in [2.75, 3.05) is 6.54 Å². The molecule has 1 amide bonds. The lowest BCUT2D eigenvalue weighted by molar-refractivity contribution is -0.135. The van der Waals surface area contributed by atoms with E-state index in [-0.39, 0.29) is 18.5 Å². The molecule has 26 heavy (non-hydrogen) atoms. The average Bonchev–Trinajstić information content (AvgIpc) is 2.98. The van der Waals surface area contributed by atoms with E-state index in [0.29, 0.717) is 4.77 Å². The van der Waals surface area contributed by atoms with Crippen LogP contribution < -0.4 is 0 Å². The number of amides is 1. The van der Waals surface area contributed by atoms with Crippen molar-refractivity contribution in [1.82, 2.24) is 19.7 Å². The maximum atomic E-state index is 13.2. The molecule has 6 heteroatoms. The van der Waals surface area contributed by atoms with Gasteiger partial charge in [-0.15, -0.1) is 0 Å². The van der Waals surface area contributed by atoms with Gasteiger partial charge in [0.1, 0.15) is 12.4 Å². The highest BCUT2D eigenvalue weighted by atomic mass is 32.1. The Balaban J connectivity index is 1.86. The van der Waals surface area contributed by atoms with E-state index in [4.69, 9.17) is 12.2 Å². The van der Waals surface area contributed by atoms with Crippen molar-refractivity contribution in [2.45, 2.75) is 65.5 Å². The van der Waals surface area contributed by atoms with E-state index in [2.05, 4.69) is 54.1 Å². The zero-order valence-electron chi connectivity index (χ0n) is 15.9. The summed E-state index contributed by atoms with van der Waals surface area (Å²) in [5.74, 6) is 0.997. The van der Waals surface area contributed by atoms with Gasteiger partial charge in [-0.1, -0.05) is 25.1 Å². The molecule has 0 spiro atoms. The standard InChI is InChI=1S/C20H28N4OS/c1-4-8-18-21-22-20(26)24(18)13-19(25)23-12-6-5-11-17(23)16-10-7-9-14(2)15(16)3/h7,9-10,17H,4-6,8,11-13H2,1-3H3,(H,22,26)/t17-/m0/s1. The van der Waals surface area contributed by atoms with Crippen molar-refractivity contribution >= 4 is 18.1 Å². The van der Waals surface area contributed by atoms with Crippen molar-refractivity contribution in [2.24, 2.45) is 0 Å². The maximum Gasteiger partial charge on any atom is 0.243 e. The van der Waals surface area contributed by atoms with Crippen LogP contribution in [-0.2, 0) is 17.8 Å². The second-order valence-electron chi connectivity index (χ2n) is 7.17. The molecule has 1 aromatic carbocycles. The number of carbonyl (C=O) groups excluding carboxylic acids is 1. The van der Waals surface area contributed by atoms with Gasteiger partial charge >= 0.3 is 0 Å². The van der Waals surface area contributed by atoms with E-state index in [1.54, 1.807) is 0 Å². The van der Waals surface area contributed by atoms with Crippen LogP contribution in [0.15, 0.2) is 18.2 Å². The van der Waals surface area contributed by atoms with Crippen LogP contribution in [-0.4, -0.2) is 32.1 Å². The van der Waals surface area contributed by atoms with Crippen molar-refractivity contribution in [3.63, 3.8) is 0 Å². The Morgan fingerprint density at radius 1 is 1.35 bits per heavy atom. The van der Waals surface area contributed by atoms with Gasteiger partial charge in [0.15, 0.2) is 4.77 Å². The van der Waals surface area contributed by atoms with Gasteiger partial charge in [0.25, 0.3) is 0 Å². The monoisotopic (exact) mass is 372 g/mol. The summed E-state index contributed by atoms with van der Waals surface area (Å²) in [4.78, 5) is 15.2. The molecule has 1 saturated heterocycles. The van der Waals surface area contributed by atoms with Crippen molar-refractivity contribution < 1.29 is 4.79 Å². The number of rotatable bonds is 5. The number of aromatic nitrogens is 3. The summed E-state index contributed by atoms with van der Waals surface area (Å²) in [5, 5.41) is 7.12. The van der Waals surface area contributed by atoms with Gasteiger partial charge in [-0.2, -0.15) is 5.10 Å². The molecule has 1 N–H and O–H groups in total. The second kappa shape index (κ2) is 8.16. The van der Waals surface area contributed by atoms with Gasteiger partial charge in [-0.3, -0.25) is 14.5 Å². The molecule has 0 saturated carbocycles. The fraction of sp³-hybridized carbons (Fsp3) is 0.550. The molecule has 2 aromatic rings. The molecular weight excluding hydrogens is 344 g/mol. The van der Waals surface area contributed by atoms with Crippen molar-refractivity contribution in [3.05, 3.63) is 45.5 Å². The first-order valence-electron chi connectivity index (χ1n) is 9.52. The highest BCUT2D eigenvalue weighted by Gasteiger charge is 2.29. The third-order valence-electron chi connectivity index (χ3n) is 5.43. The van der Waals surface area contributed by atoms with E-state index in [0.717, 1.165) is 44.5 Å². The third-order valence-corrected chi connectivity index (χ3v) is 5.74. The van der Waals surface area contributed by atoms with Crippen LogP contribution in [0.1, 0.15) is 61.2 Å². The highest BCUT2D eigenvalue weighted by molar-refractivity contribution is 7.71. The molecule has 0 radical (unpaired) electrons. The Morgan fingerprint density at radius 3 is 2.92 bits per heavy atom. The summed E-state index contributed by atoms with van der Waals surface area (Å²) < 4.78 is 2.39. The van der Waals surface area contributed by atoms with Gasteiger partial charge in [-0.05, 0) is 68.4 Å². The number of piperidine rings is 1. The molecule has 1 aliphatic heterocycles. The molecule has 2 heterocycles. The van der Waals surface area contributed by atoms with Gasteiger partial charge < -0.3 is 4.90 Å². The van der Waals surface area contributed by atoms with Crippen molar-refractivity contribution in [3.8, 4) is 0 Å². The van der Waals surface area contributed by atoms with Crippen LogP contribution in [0.4, 0.5) is 0 Å². The SMILES string of the molecule is CCCc1n[nH]c(=S)n1CC(=O)N1CCCC[C@H]1c1cccc(C)c1C. The van der Waals surface area contributed by atoms with Crippen molar-refractivity contribution in [1.29, 1.82) is 0 Å². The first-order valence-corrected chi connectivity index (χ1v) is 9.93. The first kappa shape index (κ1) is 18.8. The number of H-pyrrole nitrogens is 1. The quantitative estimate of drug-likeness (QED) is 0.798. The Labute approximate surface area is 160 Å². The van der Waals surface area contributed by atoms with Gasteiger partial charge in [-0.25, -0.2) is 0 Å². The Hall–Kier alpha value is -1.95. The number of aromatic amines is 1. The Morgan fingerprint density at radius 2 is 2.15 bits per heavy atom. The zero-order valence-corrected chi connectivity index (χ0v) is 16.7.